The van der Waals surface area contributed by atoms with Crippen LogP contribution in [0.2, 0.25) is 0 Å². The van der Waals surface area contributed by atoms with Crippen molar-refractivity contribution < 1.29 is 74.6 Å². The smallest absolute Gasteiger partial charge is 0.195 e. The van der Waals surface area contributed by atoms with E-state index in [0.717, 1.165) is 22.6 Å². The molecule has 0 nitrogen and oxygen atoms in total. The molecular formula is C13H8F17I. The molecule has 0 saturated carbocycles. The Morgan fingerprint density at radius 2 is 0.839 bits per heavy atom. The Bertz CT molecular complexity index is 672. The first-order chi connectivity index (χ1) is 13.2. The predicted molar refractivity (Wildman–Crippen MR) is 77.7 cm³/mol. The molecule has 0 unspecified atom stereocenters. The lowest BCUT2D eigenvalue weighted by Gasteiger charge is -2.42. The van der Waals surface area contributed by atoms with Crippen molar-refractivity contribution in [3.63, 3.8) is 0 Å². The third-order valence-electron chi connectivity index (χ3n) is 3.57. The number of hydrogen-bond acceptors (Lipinski definition) is 0. The van der Waals surface area contributed by atoms with Gasteiger partial charge in [-0.1, -0.05) is 13.3 Å². The van der Waals surface area contributed by atoms with Gasteiger partial charge in [-0.2, -0.15) is 74.6 Å². The first-order valence-corrected chi connectivity index (χ1v) is 8.37. The van der Waals surface area contributed by atoms with Crippen molar-refractivity contribution in [2.75, 3.05) is 0 Å². The highest BCUT2D eigenvalue weighted by Crippen LogP contribution is 2.64. The fourth-order valence-electron chi connectivity index (χ4n) is 1.77. The standard InChI is InChI=1S/C13H8F17I/c1-2-3-5(31)4-6(14,15)7(16,17)8(18,19)9(20,21)10(22,23)11(24,25)12(26,27)13(28,29)30/h4H,2-3H2,1H3. The quantitative estimate of drug-likeness (QED) is 0.182. The van der Waals surface area contributed by atoms with Crippen molar-refractivity contribution in [2.24, 2.45) is 0 Å². The second kappa shape index (κ2) is 8.25. The van der Waals surface area contributed by atoms with E-state index in [1.165, 1.54) is 6.92 Å². The van der Waals surface area contributed by atoms with Gasteiger partial charge in [-0.3, -0.25) is 0 Å². The van der Waals surface area contributed by atoms with Crippen molar-refractivity contribution in [2.45, 2.75) is 67.4 Å². The zero-order chi connectivity index (χ0) is 25.7. The molecule has 0 saturated heterocycles. The maximum atomic E-state index is 13.5. The molecule has 0 aromatic carbocycles. The normalized spacial score (nSPS) is 16.7. The van der Waals surface area contributed by atoms with Crippen molar-refractivity contribution in [1.82, 2.24) is 0 Å². The van der Waals surface area contributed by atoms with E-state index in [1.807, 2.05) is 0 Å². The van der Waals surface area contributed by atoms with E-state index in [-0.39, 0.29) is 6.42 Å². The summed E-state index contributed by atoms with van der Waals surface area (Å²) < 4.78 is 220. The summed E-state index contributed by atoms with van der Waals surface area (Å²) in [5.74, 6) is -56.1. The van der Waals surface area contributed by atoms with E-state index in [0.29, 0.717) is 0 Å². The van der Waals surface area contributed by atoms with Crippen LogP contribution in [-0.4, -0.2) is 47.6 Å². The first-order valence-electron chi connectivity index (χ1n) is 7.29. The van der Waals surface area contributed by atoms with Gasteiger partial charge in [-0.05, 0) is 32.6 Å². The molecule has 0 rings (SSSR count). The van der Waals surface area contributed by atoms with E-state index >= 15 is 0 Å². The lowest BCUT2D eigenvalue weighted by Crippen LogP contribution is -2.74. The molecule has 186 valence electrons. The van der Waals surface area contributed by atoms with Gasteiger partial charge < -0.3 is 0 Å². The number of alkyl halides is 17. The molecule has 0 atom stereocenters. The summed E-state index contributed by atoms with van der Waals surface area (Å²) >= 11 is 0.827. The molecule has 0 aliphatic rings. The van der Waals surface area contributed by atoms with Crippen LogP contribution < -0.4 is 0 Å². The van der Waals surface area contributed by atoms with Gasteiger partial charge in [0.1, 0.15) is 0 Å². The fourth-order valence-corrected chi connectivity index (χ4v) is 2.70. The summed E-state index contributed by atoms with van der Waals surface area (Å²) in [4.78, 5) is 0. The Kier molecular flexibility index (Phi) is 8.06. The largest absolute Gasteiger partial charge is 0.460 e. The third-order valence-corrected chi connectivity index (χ3v) is 4.42. The van der Waals surface area contributed by atoms with Crippen LogP contribution in [0.4, 0.5) is 74.6 Å². The Labute approximate surface area is 175 Å². The summed E-state index contributed by atoms with van der Waals surface area (Å²) in [6.45, 7) is 1.23. The highest BCUT2D eigenvalue weighted by atomic mass is 127. The third kappa shape index (κ3) is 4.41. The number of rotatable bonds is 9. The molecule has 0 N–H and O–H groups in total. The van der Waals surface area contributed by atoms with Crippen LogP contribution in [-0.2, 0) is 0 Å². The summed E-state index contributed by atoms with van der Waals surface area (Å²) in [5, 5.41) is 0. The van der Waals surface area contributed by atoms with E-state index in [2.05, 4.69) is 0 Å². The summed E-state index contributed by atoms with van der Waals surface area (Å²) in [5.41, 5.74) is 0. The summed E-state index contributed by atoms with van der Waals surface area (Å²) in [6.07, 6.45) is -9.52. The molecular weight excluding hydrogens is 606 g/mol. The van der Waals surface area contributed by atoms with Gasteiger partial charge in [0.25, 0.3) is 0 Å². The van der Waals surface area contributed by atoms with Crippen molar-refractivity contribution in [1.29, 1.82) is 0 Å². The maximum Gasteiger partial charge on any atom is 0.460 e. The molecule has 0 bridgehead atoms. The highest BCUT2D eigenvalue weighted by Gasteiger charge is 2.95. The van der Waals surface area contributed by atoms with E-state index in [1.54, 1.807) is 0 Å². The fraction of sp³-hybridized carbons (Fsp3) is 0.846. The Morgan fingerprint density at radius 1 is 0.548 bits per heavy atom. The minimum Gasteiger partial charge on any atom is -0.195 e. The SMILES string of the molecule is CCCC(I)=CC(F)(F)C(F)(F)C(F)(F)C(F)(F)C(F)(F)C(F)(F)C(F)(F)C(F)(F)F. The topological polar surface area (TPSA) is 0 Å². The van der Waals surface area contributed by atoms with E-state index in [9.17, 15) is 74.6 Å². The van der Waals surface area contributed by atoms with E-state index < -0.39 is 63.7 Å². The zero-order valence-corrected chi connectivity index (χ0v) is 16.5. The van der Waals surface area contributed by atoms with Crippen molar-refractivity contribution in [3.05, 3.63) is 9.66 Å². The predicted octanol–water partition coefficient (Wildman–Crippen LogP) is 8.11. The molecule has 18 heteroatoms. The molecule has 0 spiro atoms. The highest BCUT2D eigenvalue weighted by molar-refractivity contribution is 14.1. The maximum absolute atomic E-state index is 13.5. The molecule has 0 radical (unpaired) electrons. The van der Waals surface area contributed by atoms with Crippen molar-refractivity contribution >= 4 is 22.6 Å². The van der Waals surface area contributed by atoms with Crippen LogP contribution >= 0.6 is 22.6 Å². The molecule has 0 amide bonds. The number of allylic oxidation sites excluding steroid dienone is 2. The second-order valence-electron chi connectivity index (χ2n) is 5.91. The average Bonchev–Trinajstić information content (AvgIpc) is 2.52. The van der Waals surface area contributed by atoms with Crippen LogP contribution in [0.15, 0.2) is 9.66 Å². The average molecular weight is 614 g/mol. The lowest BCUT2D eigenvalue weighted by atomic mass is 9.89. The summed E-state index contributed by atoms with van der Waals surface area (Å²) in [7, 11) is 0. The number of hydrogen-bond donors (Lipinski definition) is 0. The van der Waals surface area contributed by atoms with Gasteiger partial charge in [-0.15, -0.1) is 0 Å². The van der Waals surface area contributed by atoms with Gasteiger partial charge in [-0.25, -0.2) is 0 Å². The van der Waals surface area contributed by atoms with Gasteiger partial charge >= 0.3 is 47.6 Å². The molecule has 0 aliphatic heterocycles. The minimum absolute atomic E-state index is 0.111. The van der Waals surface area contributed by atoms with Gasteiger partial charge in [0.05, 0.1) is 0 Å². The van der Waals surface area contributed by atoms with Crippen LogP contribution in [0.25, 0.3) is 0 Å². The molecule has 0 fully saturated rings. The Balaban J connectivity index is 6.73. The van der Waals surface area contributed by atoms with Crippen molar-refractivity contribution in [3.8, 4) is 0 Å². The molecule has 0 aliphatic carbocycles. The zero-order valence-electron chi connectivity index (χ0n) is 14.3. The van der Waals surface area contributed by atoms with Gasteiger partial charge in [0, 0.05) is 6.08 Å². The van der Waals surface area contributed by atoms with Crippen LogP contribution in [0.3, 0.4) is 0 Å². The Hall–Kier alpha value is -0.720. The second-order valence-corrected chi connectivity index (χ2v) is 7.29. The molecule has 0 heterocycles. The van der Waals surface area contributed by atoms with Gasteiger partial charge in [0.2, 0.25) is 0 Å². The van der Waals surface area contributed by atoms with Crippen LogP contribution in [0.5, 0.6) is 0 Å². The van der Waals surface area contributed by atoms with E-state index in [4.69, 9.17) is 0 Å². The lowest BCUT2D eigenvalue weighted by molar-refractivity contribution is -0.459. The van der Waals surface area contributed by atoms with Crippen LogP contribution in [0.1, 0.15) is 19.8 Å². The monoisotopic (exact) mass is 614 g/mol. The first kappa shape index (κ1) is 30.3. The Morgan fingerprint density at radius 3 is 1.13 bits per heavy atom. The minimum atomic E-state index is -8.59. The number of halogens is 18. The summed E-state index contributed by atoms with van der Waals surface area (Å²) in [6, 6.07) is 0. The van der Waals surface area contributed by atoms with Gasteiger partial charge in [0.15, 0.2) is 0 Å². The molecule has 0 aromatic heterocycles. The van der Waals surface area contributed by atoms with Crippen LogP contribution in [0, 0.1) is 0 Å². The molecule has 31 heavy (non-hydrogen) atoms. The molecule has 0 aromatic rings.